The first kappa shape index (κ1) is 12.2. The maximum atomic E-state index is 12.1. The molecule has 92 valence electrons. The zero-order valence-electron chi connectivity index (χ0n) is 9.60. The fourth-order valence-corrected chi connectivity index (χ4v) is 3.46. The fourth-order valence-electron chi connectivity index (χ4n) is 2.50. The van der Waals surface area contributed by atoms with Crippen LogP contribution in [0.4, 0.5) is 0 Å². The minimum Gasteiger partial charge on any atom is -0.331 e. The van der Waals surface area contributed by atoms with Crippen molar-refractivity contribution in [3.63, 3.8) is 0 Å². The zero-order chi connectivity index (χ0) is 11.5. The SMILES string of the molecule is NC(C(=O)N1CCSC1)[C@H]1CC[C@H](N)CC1. The minimum absolute atomic E-state index is 0.144. The van der Waals surface area contributed by atoms with Gasteiger partial charge in [-0.15, -0.1) is 11.8 Å². The van der Waals surface area contributed by atoms with Gasteiger partial charge in [0, 0.05) is 18.3 Å². The Morgan fingerprint density at radius 3 is 2.56 bits per heavy atom. The lowest BCUT2D eigenvalue weighted by Crippen LogP contribution is -2.48. The van der Waals surface area contributed by atoms with Crippen LogP contribution in [0, 0.1) is 5.92 Å². The van der Waals surface area contributed by atoms with Gasteiger partial charge in [-0.3, -0.25) is 4.79 Å². The van der Waals surface area contributed by atoms with Crippen LogP contribution in [0.2, 0.25) is 0 Å². The predicted molar refractivity (Wildman–Crippen MR) is 66.9 cm³/mol. The van der Waals surface area contributed by atoms with Crippen LogP contribution in [-0.2, 0) is 4.79 Å². The number of nitrogens with two attached hydrogens (primary N) is 2. The van der Waals surface area contributed by atoms with Gasteiger partial charge in [0.1, 0.15) is 0 Å². The van der Waals surface area contributed by atoms with Crippen molar-refractivity contribution in [3.8, 4) is 0 Å². The van der Waals surface area contributed by atoms with Crippen molar-refractivity contribution >= 4 is 17.7 Å². The summed E-state index contributed by atoms with van der Waals surface area (Å²) in [6.07, 6.45) is 4.05. The fraction of sp³-hybridized carbons (Fsp3) is 0.909. The molecule has 4 N–H and O–H groups in total. The second-order valence-corrected chi connectivity index (χ2v) is 5.91. The summed E-state index contributed by atoms with van der Waals surface area (Å²) >= 11 is 1.80. The van der Waals surface area contributed by atoms with E-state index in [1.165, 1.54) is 0 Å². The molecular weight excluding hydrogens is 222 g/mol. The number of hydrogen-bond acceptors (Lipinski definition) is 4. The summed E-state index contributed by atoms with van der Waals surface area (Å²) in [4.78, 5) is 14.0. The Balaban J connectivity index is 1.86. The van der Waals surface area contributed by atoms with Gasteiger partial charge >= 0.3 is 0 Å². The topological polar surface area (TPSA) is 72.4 Å². The quantitative estimate of drug-likeness (QED) is 0.735. The molecule has 1 heterocycles. The van der Waals surface area contributed by atoms with Crippen molar-refractivity contribution in [2.75, 3.05) is 18.2 Å². The lowest BCUT2D eigenvalue weighted by molar-refractivity contribution is -0.132. The van der Waals surface area contributed by atoms with E-state index in [9.17, 15) is 4.79 Å². The molecule has 1 atom stereocenters. The Labute approximate surface area is 101 Å². The summed E-state index contributed by atoms with van der Waals surface area (Å²) in [6.45, 7) is 0.865. The van der Waals surface area contributed by atoms with E-state index in [1.54, 1.807) is 11.8 Å². The van der Waals surface area contributed by atoms with Gasteiger partial charge in [0.25, 0.3) is 0 Å². The zero-order valence-corrected chi connectivity index (χ0v) is 10.4. The highest BCUT2D eigenvalue weighted by molar-refractivity contribution is 7.99. The monoisotopic (exact) mass is 243 g/mol. The first-order chi connectivity index (χ1) is 7.68. The molecule has 0 aromatic rings. The number of nitrogens with zero attached hydrogens (tertiary/aromatic N) is 1. The maximum absolute atomic E-state index is 12.1. The van der Waals surface area contributed by atoms with Crippen molar-refractivity contribution < 1.29 is 4.79 Å². The molecule has 2 rings (SSSR count). The van der Waals surface area contributed by atoms with Gasteiger partial charge in [-0.05, 0) is 31.6 Å². The molecule has 1 saturated carbocycles. The molecule has 1 unspecified atom stereocenters. The third-order valence-corrected chi connectivity index (χ3v) is 4.64. The van der Waals surface area contributed by atoms with E-state index in [2.05, 4.69) is 0 Å². The highest BCUT2D eigenvalue weighted by atomic mass is 32.2. The Bertz CT molecular complexity index is 248. The first-order valence-electron chi connectivity index (χ1n) is 6.06. The van der Waals surface area contributed by atoms with Crippen LogP contribution in [-0.4, -0.2) is 41.1 Å². The average Bonchev–Trinajstić information content (AvgIpc) is 2.81. The second-order valence-electron chi connectivity index (χ2n) is 4.84. The molecule has 0 aromatic heterocycles. The van der Waals surface area contributed by atoms with E-state index in [4.69, 9.17) is 11.5 Å². The normalized spacial score (nSPS) is 32.8. The Kier molecular flexibility index (Phi) is 4.10. The summed E-state index contributed by atoms with van der Waals surface area (Å²) in [7, 11) is 0. The van der Waals surface area contributed by atoms with Crippen molar-refractivity contribution in [1.82, 2.24) is 4.90 Å². The molecular formula is C11H21N3OS. The minimum atomic E-state index is -0.300. The van der Waals surface area contributed by atoms with Crippen LogP contribution < -0.4 is 11.5 Å². The molecule has 0 spiro atoms. The number of carbonyl (C=O) groups is 1. The van der Waals surface area contributed by atoms with E-state index in [0.717, 1.165) is 43.9 Å². The Morgan fingerprint density at radius 2 is 2.00 bits per heavy atom. The average molecular weight is 243 g/mol. The molecule has 16 heavy (non-hydrogen) atoms. The summed E-state index contributed by atoms with van der Waals surface area (Å²) in [5, 5.41) is 0. The van der Waals surface area contributed by atoms with Gasteiger partial charge in [-0.1, -0.05) is 0 Å². The van der Waals surface area contributed by atoms with Gasteiger partial charge in [0.2, 0.25) is 5.91 Å². The molecule has 4 nitrogen and oxygen atoms in total. The van der Waals surface area contributed by atoms with E-state index < -0.39 is 0 Å². The molecule has 0 aromatic carbocycles. The van der Waals surface area contributed by atoms with Gasteiger partial charge in [-0.25, -0.2) is 0 Å². The third kappa shape index (κ3) is 2.70. The van der Waals surface area contributed by atoms with E-state index in [0.29, 0.717) is 12.0 Å². The molecule has 1 amide bonds. The number of hydrogen-bond donors (Lipinski definition) is 2. The lowest BCUT2D eigenvalue weighted by atomic mass is 9.81. The molecule has 5 heteroatoms. The molecule has 1 saturated heterocycles. The largest absolute Gasteiger partial charge is 0.331 e. The first-order valence-corrected chi connectivity index (χ1v) is 7.21. The molecule has 0 radical (unpaired) electrons. The van der Waals surface area contributed by atoms with Crippen LogP contribution in [0.25, 0.3) is 0 Å². The van der Waals surface area contributed by atoms with E-state index in [-0.39, 0.29) is 11.9 Å². The number of thioether (sulfide) groups is 1. The van der Waals surface area contributed by atoms with Crippen molar-refractivity contribution in [1.29, 1.82) is 0 Å². The Morgan fingerprint density at radius 1 is 1.31 bits per heavy atom. The van der Waals surface area contributed by atoms with Crippen LogP contribution >= 0.6 is 11.8 Å². The number of amides is 1. The summed E-state index contributed by atoms with van der Waals surface area (Å²) < 4.78 is 0. The highest BCUT2D eigenvalue weighted by Crippen LogP contribution is 2.27. The van der Waals surface area contributed by atoms with Gasteiger partial charge in [0.05, 0.1) is 11.9 Å². The van der Waals surface area contributed by atoms with Crippen molar-refractivity contribution in [2.45, 2.75) is 37.8 Å². The number of carbonyl (C=O) groups excluding carboxylic acids is 1. The van der Waals surface area contributed by atoms with Gasteiger partial charge in [-0.2, -0.15) is 0 Å². The van der Waals surface area contributed by atoms with Crippen LogP contribution in [0.3, 0.4) is 0 Å². The maximum Gasteiger partial charge on any atom is 0.240 e. The molecule has 1 aliphatic heterocycles. The molecule has 1 aliphatic carbocycles. The number of rotatable bonds is 2. The smallest absolute Gasteiger partial charge is 0.240 e. The lowest BCUT2D eigenvalue weighted by Gasteiger charge is -2.31. The molecule has 2 aliphatic rings. The highest BCUT2D eigenvalue weighted by Gasteiger charge is 2.32. The predicted octanol–water partition coefficient (Wildman–Crippen LogP) is 0.364. The summed E-state index contributed by atoms with van der Waals surface area (Å²) in [5.41, 5.74) is 11.9. The van der Waals surface area contributed by atoms with Crippen LogP contribution in [0.5, 0.6) is 0 Å². The van der Waals surface area contributed by atoms with Crippen molar-refractivity contribution in [2.24, 2.45) is 17.4 Å². The second kappa shape index (κ2) is 5.38. The molecule has 2 fully saturated rings. The van der Waals surface area contributed by atoms with Crippen LogP contribution in [0.15, 0.2) is 0 Å². The van der Waals surface area contributed by atoms with E-state index >= 15 is 0 Å². The Hall–Kier alpha value is -0.260. The summed E-state index contributed by atoms with van der Waals surface area (Å²) in [6, 6.07) is 0.0205. The van der Waals surface area contributed by atoms with Gasteiger partial charge in [0.15, 0.2) is 0 Å². The van der Waals surface area contributed by atoms with Crippen LogP contribution in [0.1, 0.15) is 25.7 Å². The summed E-state index contributed by atoms with van der Waals surface area (Å²) in [5.74, 6) is 2.36. The van der Waals surface area contributed by atoms with Gasteiger partial charge < -0.3 is 16.4 Å². The standard InChI is InChI=1S/C11H21N3OS/c12-9-3-1-8(2-4-9)10(13)11(15)14-5-6-16-7-14/h8-10H,1-7,12-13H2/t8-,9-,10?. The molecule has 0 bridgehead atoms. The van der Waals surface area contributed by atoms with Crippen molar-refractivity contribution in [3.05, 3.63) is 0 Å². The third-order valence-electron chi connectivity index (χ3n) is 3.67. The van der Waals surface area contributed by atoms with E-state index in [1.807, 2.05) is 4.90 Å².